The summed E-state index contributed by atoms with van der Waals surface area (Å²) in [6.07, 6.45) is 0. The second-order valence-electron chi connectivity index (χ2n) is 17.2. The molecule has 0 aliphatic carbocycles. The van der Waals surface area contributed by atoms with Crippen LogP contribution in [0.2, 0.25) is 0 Å². The summed E-state index contributed by atoms with van der Waals surface area (Å²) in [6.45, 7) is 4.32. The molecule has 0 unspecified atom stereocenters. The van der Waals surface area contributed by atoms with Crippen LogP contribution < -0.4 is 19.3 Å². The first-order valence-electron chi connectivity index (χ1n) is 22.5. The molecule has 2 heterocycles. The number of rotatable bonds is 8. The Hall–Kier alpha value is -8.49. The molecule has 0 radical (unpaired) electrons. The number of methoxy groups -OCH3 is 2. The van der Waals surface area contributed by atoms with E-state index in [2.05, 4.69) is 169 Å². The van der Waals surface area contributed by atoms with E-state index in [-0.39, 0.29) is 0 Å². The quantitative estimate of drug-likeness (QED) is 0.150. The highest BCUT2D eigenvalue weighted by molar-refractivity contribution is 7.99. The number of fused-ring (bicyclic) bond motifs is 4. The molecule has 9 aromatic rings. The van der Waals surface area contributed by atoms with E-state index in [0.29, 0.717) is 22.6 Å². The molecule has 11 rings (SSSR count). The van der Waals surface area contributed by atoms with Gasteiger partial charge in [0, 0.05) is 44.2 Å². The first kappa shape index (κ1) is 42.2. The SMILES string of the molecule is COc1ccc2c(c1)N(c1cc(-c3ccccc3C#N)c(N3c4ccc(C)cc4C(c4ccccc4)(c4ccccc4)c4cc(C)ccc43)cc1-c1ccccc1C#N)c1cc(OC)ccc1S2. The van der Waals surface area contributed by atoms with Crippen LogP contribution in [-0.2, 0) is 5.41 Å². The molecule has 0 spiro atoms. The molecular weight excluding hydrogens is 853 g/mol. The van der Waals surface area contributed by atoms with Crippen LogP contribution in [0.25, 0.3) is 22.3 Å². The van der Waals surface area contributed by atoms with Crippen LogP contribution in [0.15, 0.2) is 204 Å². The Kier molecular flexibility index (Phi) is 10.6. The number of nitriles is 2. The molecular formula is C61H44N4O2S. The summed E-state index contributed by atoms with van der Waals surface area (Å²) in [7, 11) is 3.36. The molecule has 7 heteroatoms. The van der Waals surface area contributed by atoms with Gasteiger partial charge in [0.25, 0.3) is 0 Å². The van der Waals surface area contributed by atoms with Crippen LogP contribution in [0.4, 0.5) is 34.1 Å². The van der Waals surface area contributed by atoms with Crippen molar-refractivity contribution in [1.29, 1.82) is 10.5 Å². The molecule has 0 bridgehead atoms. The van der Waals surface area contributed by atoms with Gasteiger partial charge in [0.1, 0.15) is 11.5 Å². The van der Waals surface area contributed by atoms with Crippen LogP contribution in [-0.4, -0.2) is 14.2 Å². The summed E-state index contributed by atoms with van der Waals surface area (Å²) in [5.41, 5.74) is 15.9. The molecule has 9 aromatic carbocycles. The van der Waals surface area contributed by atoms with Crippen molar-refractivity contribution < 1.29 is 9.47 Å². The first-order chi connectivity index (χ1) is 33.4. The van der Waals surface area contributed by atoms with Crippen LogP contribution >= 0.6 is 11.8 Å². The predicted molar refractivity (Wildman–Crippen MR) is 275 cm³/mol. The van der Waals surface area contributed by atoms with Crippen molar-refractivity contribution in [2.45, 2.75) is 29.1 Å². The number of nitrogens with zero attached hydrogens (tertiary/aromatic N) is 4. The summed E-state index contributed by atoms with van der Waals surface area (Å²) >= 11 is 1.69. The highest BCUT2D eigenvalue weighted by Gasteiger charge is 2.47. The van der Waals surface area contributed by atoms with Gasteiger partial charge in [0.05, 0.1) is 77.0 Å². The molecule has 68 heavy (non-hydrogen) atoms. The number of benzene rings is 9. The zero-order valence-corrected chi connectivity index (χ0v) is 38.8. The van der Waals surface area contributed by atoms with Gasteiger partial charge >= 0.3 is 0 Å². The van der Waals surface area contributed by atoms with Crippen molar-refractivity contribution in [2.24, 2.45) is 0 Å². The maximum Gasteiger partial charge on any atom is 0.121 e. The van der Waals surface area contributed by atoms with E-state index in [4.69, 9.17) is 9.47 Å². The van der Waals surface area contributed by atoms with Crippen LogP contribution in [0.3, 0.4) is 0 Å². The topological polar surface area (TPSA) is 72.5 Å². The van der Waals surface area contributed by atoms with E-state index in [9.17, 15) is 10.5 Å². The van der Waals surface area contributed by atoms with Gasteiger partial charge in [-0.25, -0.2) is 0 Å². The largest absolute Gasteiger partial charge is 0.497 e. The molecule has 0 aromatic heterocycles. The summed E-state index contributed by atoms with van der Waals surface area (Å²) in [4.78, 5) is 6.72. The van der Waals surface area contributed by atoms with Gasteiger partial charge in [-0.1, -0.05) is 144 Å². The average molecular weight is 897 g/mol. The zero-order valence-electron chi connectivity index (χ0n) is 38.0. The minimum Gasteiger partial charge on any atom is -0.497 e. The average Bonchev–Trinajstić information content (AvgIpc) is 3.39. The van der Waals surface area contributed by atoms with Crippen molar-refractivity contribution in [1.82, 2.24) is 0 Å². The van der Waals surface area contributed by atoms with Gasteiger partial charge in [0.2, 0.25) is 0 Å². The van der Waals surface area contributed by atoms with E-state index in [1.807, 2.05) is 60.7 Å². The number of ether oxygens (including phenoxy) is 2. The van der Waals surface area contributed by atoms with Crippen LogP contribution in [0, 0.1) is 36.5 Å². The fourth-order valence-electron chi connectivity index (χ4n) is 10.3. The number of aryl methyl sites for hydroxylation is 2. The Morgan fingerprint density at radius 3 is 1.25 bits per heavy atom. The van der Waals surface area contributed by atoms with Gasteiger partial charge in [0.15, 0.2) is 0 Å². The lowest BCUT2D eigenvalue weighted by Gasteiger charge is -2.47. The van der Waals surface area contributed by atoms with Crippen molar-refractivity contribution in [3.63, 3.8) is 0 Å². The molecule has 326 valence electrons. The number of hydrogen-bond acceptors (Lipinski definition) is 7. The molecule has 2 aliphatic rings. The third-order valence-corrected chi connectivity index (χ3v) is 14.4. The van der Waals surface area contributed by atoms with Gasteiger partial charge in [-0.15, -0.1) is 0 Å². The van der Waals surface area contributed by atoms with Gasteiger partial charge < -0.3 is 19.3 Å². The fraction of sp³-hybridized carbons (Fsp3) is 0.0820. The van der Waals surface area contributed by atoms with E-state index in [0.717, 1.165) is 99.5 Å². The van der Waals surface area contributed by atoms with Crippen molar-refractivity contribution in [2.75, 3.05) is 24.0 Å². The van der Waals surface area contributed by atoms with Gasteiger partial charge in [-0.2, -0.15) is 10.5 Å². The summed E-state index contributed by atoms with van der Waals surface area (Å²) < 4.78 is 11.8. The molecule has 0 fully saturated rings. The zero-order chi connectivity index (χ0) is 46.5. The van der Waals surface area contributed by atoms with Crippen LogP contribution in [0.1, 0.15) is 44.5 Å². The summed E-state index contributed by atoms with van der Waals surface area (Å²) in [6, 6.07) is 72.7. The van der Waals surface area contributed by atoms with E-state index in [1.165, 1.54) is 0 Å². The first-order valence-corrected chi connectivity index (χ1v) is 23.3. The van der Waals surface area contributed by atoms with Crippen molar-refractivity contribution in [3.05, 3.63) is 239 Å². The Morgan fingerprint density at radius 2 is 0.824 bits per heavy atom. The van der Waals surface area contributed by atoms with E-state index < -0.39 is 5.41 Å². The van der Waals surface area contributed by atoms with Crippen molar-refractivity contribution in [3.8, 4) is 45.9 Å². The van der Waals surface area contributed by atoms with E-state index >= 15 is 0 Å². The Morgan fingerprint density at radius 1 is 0.412 bits per heavy atom. The third kappa shape index (κ3) is 6.70. The Balaban J connectivity index is 1.31. The summed E-state index contributed by atoms with van der Waals surface area (Å²) in [5, 5.41) is 21.8. The third-order valence-electron chi connectivity index (χ3n) is 13.3. The highest BCUT2D eigenvalue weighted by atomic mass is 32.2. The normalized spacial score (nSPS) is 13.0. The molecule has 2 aliphatic heterocycles. The van der Waals surface area contributed by atoms with Crippen LogP contribution in [0.5, 0.6) is 11.5 Å². The molecule has 0 N–H and O–H groups in total. The van der Waals surface area contributed by atoms with E-state index in [1.54, 1.807) is 26.0 Å². The Bertz CT molecular complexity index is 3390. The molecule has 0 amide bonds. The fourth-order valence-corrected chi connectivity index (χ4v) is 11.3. The second-order valence-corrected chi connectivity index (χ2v) is 18.2. The minimum atomic E-state index is -0.709. The second kappa shape index (κ2) is 17.1. The molecule has 0 atom stereocenters. The molecule has 6 nitrogen and oxygen atoms in total. The minimum absolute atomic E-state index is 0.533. The highest BCUT2D eigenvalue weighted by Crippen LogP contribution is 2.61. The number of hydrogen-bond donors (Lipinski definition) is 0. The number of anilines is 6. The lowest BCUT2D eigenvalue weighted by Crippen LogP contribution is -2.38. The standard InChI is InChI=1S/C61H44N4O2S/c1-39-23-27-53-51(31-39)61(43-17-7-5-8-18-43,44-19-9-6-10-20-44)52-32-40(2)24-28-54(52)64(53)55-35-50(48-22-14-12-16-42(48)38-63)56(36-49(55)47-21-13-11-15-41(47)37-62)65-57-33-45(66-3)25-29-59(57)68-60-30-26-46(67-4)34-58(60)65/h5-36H,1-4H3. The van der Waals surface area contributed by atoms with Crippen molar-refractivity contribution >= 4 is 45.9 Å². The maximum absolute atomic E-state index is 10.9. The van der Waals surface area contributed by atoms with Gasteiger partial charge in [-0.05, 0) is 96.8 Å². The Labute approximate surface area is 401 Å². The smallest absolute Gasteiger partial charge is 0.121 e. The predicted octanol–water partition coefficient (Wildman–Crippen LogP) is 15.5. The molecule has 0 saturated carbocycles. The monoisotopic (exact) mass is 896 g/mol. The van der Waals surface area contributed by atoms with Gasteiger partial charge in [-0.3, -0.25) is 0 Å². The lowest BCUT2D eigenvalue weighted by atomic mass is 9.62. The summed E-state index contributed by atoms with van der Waals surface area (Å²) in [5.74, 6) is 1.41. The lowest BCUT2D eigenvalue weighted by molar-refractivity contribution is 0.414. The molecule has 0 saturated heterocycles. The maximum atomic E-state index is 10.9.